The van der Waals surface area contributed by atoms with Crippen LogP contribution >= 0.6 is 10.5 Å². The molecule has 3 aromatic carbocycles. The molecule has 4 aromatic rings. The molecule has 0 aliphatic heterocycles. The van der Waals surface area contributed by atoms with Crippen LogP contribution in [0.3, 0.4) is 0 Å². The van der Waals surface area contributed by atoms with Crippen LogP contribution in [0.15, 0.2) is 72.8 Å². The molecule has 0 saturated carbocycles. The van der Waals surface area contributed by atoms with Crippen LogP contribution in [0.4, 0.5) is 0 Å². The van der Waals surface area contributed by atoms with Crippen LogP contribution in [-0.4, -0.2) is 11.6 Å². The lowest BCUT2D eigenvalue weighted by Crippen LogP contribution is -2.26. The van der Waals surface area contributed by atoms with Gasteiger partial charge in [0.2, 0.25) is 0 Å². The summed E-state index contributed by atoms with van der Waals surface area (Å²) in [4.78, 5) is 13.9. The van der Waals surface area contributed by atoms with E-state index in [1.807, 2.05) is 36.4 Å². The zero-order valence-corrected chi connectivity index (χ0v) is 16.0. The molecule has 4 rings (SSSR count). The topological polar surface area (TPSA) is 26.3 Å². The van der Waals surface area contributed by atoms with Gasteiger partial charge in [-0.05, 0) is 50.2 Å². The quantitative estimate of drug-likeness (QED) is 0.240. The first kappa shape index (κ1) is 17.3. The van der Waals surface area contributed by atoms with Crippen molar-refractivity contribution in [2.45, 2.75) is 19.4 Å². The number of benzene rings is 3. The van der Waals surface area contributed by atoms with Crippen LogP contribution in [0.5, 0.6) is 0 Å². The van der Waals surface area contributed by atoms with Crippen molar-refractivity contribution in [1.82, 2.24) is 0 Å². The van der Waals surface area contributed by atoms with E-state index in [1.165, 1.54) is 20.2 Å². The molecule has 0 amide bonds. The van der Waals surface area contributed by atoms with E-state index in [4.69, 9.17) is 11.2 Å². The summed E-state index contributed by atoms with van der Waals surface area (Å²) < 4.78 is 8.04. The number of carbonyl (C=O) groups excluding carboxylic acids is 1. The third kappa shape index (κ3) is 2.99. The summed E-state index contributed by atoms with van der Waals surface area (Å²) in [6, 6.07) is 24.4. The molecular formula is C24H19O2S+. The average Bonchev–Trinajstić information content (AvgIpc) is 3.02. The summed E-state index contributed by atoms with van der Waals surface area (Å²) in [6.07, 6.45) is 5.49. The fraction of sp³-hybridized carbons (Fsp3) is 0.125. The lowest BCUT2D eigenvalue weighted by molar-refractivity contribution is 0.0206. The maximum atomic E-state index is 12.9. The summed E-state index contributed by atoms with van der Waals surface area (Å²) in [5.74, 6) is 2.14. The minimum atomic E-state index is -0.946. The van der Waals surface area contributed by atoms with Gasteiger partial charge >= 0.3 is 5.97 Å². The predicted octanol–water partition coefficient (Wildman–Crippen LogP) is 6.30. The lowest BCUT2D eigenvalue weighted by Gasteiger charge is -2.18. The molecule has 2 nitrogen and oxygen atoms in total. The maximum Gasteiger partial charge on any atom is 0.345 e. The van der Waals surface area contributed by atoms with Crippen molar-refractivity contribution < 1.29 is 9.53 Å². The van der Waals surface area contributed by atoms with Gasteiger partial charge in [0, 0.05) is 21.2 Å². The molecule has 0 radical (unpaired) electrons. The maximum absolute atomic E-state index is 12.9. The Balaban J connectivity index is 1.98. The third-order valence-electron chi connectivity index (χ3n) is 4.53. The van der Waals surface area contributed by atoms with Gasteiger partial charge in [0.15, 0.2) is 19.9 Å². The van der Waals surface area contributed by atoms with Gasteiger partial charge in [-0.25, -0.2) is 4.79 Å². The highest BCUT2D eigenvalue weighted by Crippen LogP contribution is 2.49. The Morgan fingerprint density at radius 1 is 0.889 bits per heavy atom. The van der Waals surface area contributed by atoms with Crippen molar-refractivity contribution in [1.29, 1.82) is 0 Å². The number of carbonyl (C=O) groups is 1. The van der Waals surface area contributed by atoms with Crippen LogP contribution in [0.25, 0.3) is 25.1 Å². The zero-order chi connectivity index (χ0) is 19.0. The van der Waals surface area contributed by atoms with Gasteiger partial charge in [-0.2, -0.15) is 0 Å². The van der Waals surface area contributed by atoms with Crippen LogP contribution in [0.1, 0.15) is 24.2 Å². The fourth-order valence-corrected chi connectivity index (χ4v) is 5.74. The number of fused-ring (bicyclic) bond motifs is 3. The molecule has 0 aliphatic rings. The van der Waals surface area contributed by atoms with Gasteiger partial charge in [-0.1, -0.05) is 42.3 Å². The van der Waals surface area contributed by atoms with Crippen molar-refractivity contribution in [3.63, 3.8) is 0 Å². The molecule has 0 fully saturated rings. The number of hydrogen-bond donors (Lipinski definition) is 0. The van der Waals surface area contributed by atoms with E-state index in [0.29, 0.717) is 5.56 Å². The number of hydrogen-bond acceptors (Lipinski definition) is 2. The predicted molar refractivity (Wildman–Crippen MR) is 114 cm³/mol. The number of terminal acetylenes is 1. The second-order valence-electron chi connectivity index (χ2n) is 6.84. The third-order valence-corrected chi connectivity index (χ3v) is 6.91. The van der Waals surface area contributed by atoms with Crippen molar-refractivity contribution in [2.75, 3.05) is 0 Å². The van der Waals surface area contributed by atoms with Gasteiger partial charge in [-0.3, -0.25) is 0 Å². The summed E-state index contributed by atoms with van der Waals surface area (Å²) in [5, 5.41) is 2.45. The molecule has 132 valence electrons. The van der Waals surface area contributed by atoms with Crippen molar-refractivity contribution in [3.05, 3.63) is 78.4 Å². The van der Waals surface area contributed by atoms with Gasteiger partial charge in [0.1, 0.15) is 5.56 Å². The van der Waals surface area contributed by atoms with Crippen molar-refractivity contribution in [3.8, 4) is 17.2 Å². The number of rotatable bonds is 3. The summed E-state index contributed by atoms with van der Waals surface area (Å²) >= 11 is 0. The molecular weight excluding hydrogens is 352 g/mol. The first-order valence-corrected chi connectivity index (χ1v) is 9.97. The molecule has 0 N–H and O–H groups in total. The van der Waals surface area contributed by atoms with E-state index < -0.39 is 5.60 Å². The van der Waals surface area contributed by atoms with E-state index >= 15 is 0 Å². The largest absolute Gasteiger partial charge is 0.443 e. The molecule has 0 spiro atoms. The number of thiophene rings is 1. The molecule has 1 heterocycles. The van der Waals surface area contributed by atoms with Gasteiger partial charge in [0.25, 0.3) is 0 Å². The highest BCUT2D eigenvalue weighted by atomic mass is 32.2. The number of esters is 1. The molecule has 0 saturated heterocycles. The lowest BCUT2D eigenvalue weighted by atomic mass is 10.1. The second kappa shape index (κ2) is 6.57. The molecule has 0 aliphatic carbocycles. The zero-order valence-electron chi connectivity index (χ0n) is 15.2. The molecule has 1 aromatic heterocycles. The Hall–Kier alpha value is -3.09. The standard InChI is InChI=1S/C24H19O2S/c1-4-24(2,3)26-23(25)19-13-7-10-16-22(19)27-20-14-8-5-11-17(20)18-12-6-9-15-21(18)27/h1,5-16H,2-3H3/q+1. The summed E-state index contributed by atoms with van der Waals surface area (Å²) in [7, 11) is -0.356. The molecule has 27 heavy (non-hydrogen) atoms. The highest BCUT2D eigenvalue weighted by molar-refractivity contribution is 7.50. The Kier molecular flexibility index (Phi) is 4.22. The van der Waals surface area contributed by atoms with E-state index in [2.05, 4.69) is 42.3 Å². The van der Waals surface area contributed by atoms with Crippen LogP contribution < -0.4 is 0 Å². The first-order valence-electron chi connectivity index (χ1n) is 8.75. The highest BCUT2D eigenvalue weighted by Gasteiger charge is 2.30. The summed E-state index contributed by atoms with van der Waals surface area (Å²) in [5.41, 5.74) is -0.380. The minimum absolute atomic E-state index is 0.356. The molecule has 3 heteroatoms. The first-order chi connectivity index (χ1) is 13.0. The van der Waals surface area contributed by atoms with Crippen molar-refractivity contribution >= 4 is 36.6 Å². The van der Waals surface area contributed by atoms with Gasteiger partial charge in [-0.15, -0.1) is 6.42 Å². The number of ether oxygens (including phenoxy) is 1. The Morgan fingerprint density at radius 3 is 2.00 bits per heavy atom. The Morgan fingerprint density at radius 2 is 1.41 bits per heavy atom. The summed E-state index contributed by atoms with van der Waals surface area (Å²) in [6.45, 7) is 3.44. The van der Waals surface area contributed by atoms with Crippen LogP contribution in [-0.2, 0) is 4.74 Å². The SMILES string of the molecule is C#CC(C)(C)OC(=O)c1ccccc1-[s+]1c2ccccc2c2ccccc21. The average molecular weight is 371 g/mol. The molecule has 0 atom stereocenters. The molecule has 0 unspecified atom stereocenters. The van der Waals surface area contributed by atoms with E-state index in [0.717, 1.165) is 4.90 Å². The van der Waals surface area contributed by atoms with Gasteiger partial charge in [0.05, 0.1) is 0 Å². The normalized spacial score (nSPS) is 11.4. The van der Waals surface area contributed by atoms with Gasteiger partial charge < -0.3 is 4.74 Å². The van der Waals surface area contributed by atoms with E-state index in [-0.39, 0.29) is 16.4 Å². The monoisotopic (exact) mass is 371 g/mol. The Bertz CT molecular complexity index is 1150. The smallest absolute Gasteiger partial charge is 0.345 e. The van der Waals surface area contributed by atoms with E-state index in [9.17, 15) is 4.79 Å². The minimum Gasteiger partial charge on any atom is -0.443 e. The van der Waals surface area contributed by atoms with Crippen LogP contribution in [0, 0.1) is 12.3 Å². The Labute approximate surface area is 161 Å². The van der Waals surface area contributed by atoms with E-state index in [1.54, 1.807) is 13.8 Å². The fourth-order valence-electron chi connectivity index (χ4n) is 3.22. The molecule has 0 bridgehead atoms. The second-order valence-corrected chi connectivity index (χ2v) is 8.77. The van der Waals surface area contributed by atoms with Crippen LogP contribution in [0.2, 0.25) is 0 Å². The van der Waals surface area contributed by atoms with Crippen molar-refractivity contribution in [2.24, 2.45) is 0 Å².